The van der Waals surface area contributed by atoms with Crippen molar-refractivity contribution in [2.75, 3.05) is 6.26 Å². The summed E-state index contributed by atoms with van der Waals surface area (Å²) in [6.07, 6.45) is 2.45. The van der Waals surface area contributed by atoms with E-state index < -0.39 is 14.8 Å². The van der Waals surface area contributed by atoms with Gasteiger partial charge in [0.25, 0.3) is 5.69 Å². The van der Waals surface area contributed by atoms with E-state index in [2.05, 4.69) is 9.97 Å². The molecular formula is C15H13N3O4S3. The van der Waals surface area contributed by atoms with Crippen molar-refractivity contribution >= 4 is 48.8 Å². The van der Waals surface area contributed by atoms with E-state index in [1.54, 1.807) is 11.3 Å². The number of aryl methyl sites for hydroxylation is 2. The van der Waals surface area contributed by atoms with Crippen LogP contribution in [-0.2, 0) is 9.84 Å². The number of fused-ring (bicyclic) bond motifs is 1. The molecule has 0 bridgehead atoms. The van der Waals surface area contributed by atoms with Crippen molar-refractivity contribution in [1.29, 1.82) is 0 Å². The van der Waals surface area contributed by atoms with Crippen LogP contribution in [0.3, 0.4) is 0 Å². The molecule has 0 fully saturated rings. The van der Waals surface area contributed by atoms with Crippen molar-refractivity contribution in [3.05, 3.63) is 45.1 Å². The summed E-state index contributed by atoms with van der Waals surface area (Å²) in [7, 11) is -3.52. The molecule has 7 nitrogen and oxygen atoms in total. The van der Waals surface area contributed by atoms with Gasteiger partial charge in [-0.25, -0.2) is 18.4 Å². The summed E-state index contributed by atoms with van der Waals surface area (Å²) in [6, 6.07) is 3.90. The number of rotatable bonds is 4. The zero-order chi connectivity index (χ0) is 18.4. The number of nitrogens with zero attached hydrogens (tertiary/aromatic N) is 3. The quantitative estimate of drug-likeness (QED) is 0.376. The van der Waals surface area contributed by atoms with E-state index in [0.717, 1.165) is 44.7 Å². The van der Waals surface area contributed by atoms with Gasteiger partial charge in [0.2, 0.25) is 0 Å². The second-order valence-corrected chi connectivity index (χ2v) is 9.65. The Morgan fingerprint density at radius 1 is 1.24 bits per heavy atom. The average molecular weight is 395 g/mol. The summed E-state index contributed by atoms with van der Waals surface area (Å²) in [6.45, 7) is 3.95. The molecule has 0 saturated heterocycles. The lowest BCUT2D eigenvalue weighted by molar-refractivity contribution is -0.388. The maximum absolute atomic E-state index is 11.7. The van der Waals surface area contributed by atoms with E-state index in [1.165, 1.54) is 18.5 Å². The van der Waals surface area contributed by atoms with Gasteiger partial charge >= 0.3 is 0 Å². The van der Waals surface area contributed by atoms with Gasteiger partial charge in [-0.15, -0.1) is 11.3 Å². The van der Waals surface area contributed by atoms with Crippen molar-refractivity contribution in [3.8, 4) is 0 Å². The largest absolute Gasteiger partial charge is 0.284 e. The molecule has 0 saturated carbocycles. The SMILES string of the molecule is Cc1sc2ncnc(Sc3ccc(S(C)(=O)=O)cc3[N+](=O)[O-])c2c1C. The molecule has 0 atom stereocenters. The van der Waals surface area contributed by atoms with E-state index in [0.29, 0.717) is 9.92 Å². The molecule has 0 aliphatic carbocycles. The first-order valence-electron chi connectivity index (χ1n) is 7.05. The van der Waals surface area contributed by atoms with Crippen molar-refractivity contribution < 1.29 is 13.3 Å². The molecule has 130 valence electrons. The Morgan fingerprint density at radius 3 is 2.60 bits per heavy atom. The molecule has 3 rings (SSSR count). The highest BCUT2D eigenvalue weighted by Crippen LogP contribution is 2.40. The van der Waals surface area contributed by atoms with Crippen LogP contribution in [0.1, 0.15) is 10.4 Å². The fraction of sp³-hybridized carbons (Fsp3) is 0.200. The molecular weight excluding hydrogens is 382 g/mol. The molecule has 0 amide bonds. The smallest absolute Gasteiger partial charge is 0.258 e. The summed E-state index contributed by atoms with van der Waals surface area (Å²) in [4.78, 5) is 21.5. The number of nitro groups is 1. The number of sulfone groups is 1. The van der Waals surface area contributed by atoms with Crippen LogP contribution in [0.15, 0.2) is 39.3 Å². The van der Waals surface area contributed by atoms with Crippen molar-refractivity contribution in [1.82, 2.24) is 9.97 Å². The van der Waals surface area contributed by atoms with E-state index >= 15 is 0 Å². The first-order chi connectivity index (χ1) is 11.7. The molecule has 3 aromatic rings. The van der Waals surface area contributed by atoms with Gasteiger partial charge < -0.3 is 0 Å². The predicted octanol–water partition coefficient (Wildman–Crippen LogP) is 3.77. The lowest BCUT2D eigenvalue weighted by Crippen LogP contribution is -1.99. The van der Waals surface area contributed by atoms with Crippen molar-refractivity contribution in [2.45, 2.75) is 28.7 Å². The molecule has 0 unspecified atom stereocenters. The van der Waals surface area contributed by atoms with Crippen molar-refractivity contribution in [3.63, 3.8) is 0 Å². The zero-order valence-corrected chi connectivity index (χ0v) is 16.0. The van der Waals surface area contributed by atoms with Gasteiger partial charge in [-0.05, 0) is 31.5 Å². The fourth-order valence-corrected chi connectivity index (χ4v) is 5.02. The summed E-state index contributed by atoms with van der Waals surface area (Å²) in [5, 5.41) is 12.9. The van der Waals surface area contributed by atoms with Gasteiger partial charge in [-0.3, -0.25) is 10.1 Å². The number of hydrogen-bond donors (Lipinski definition) is 0. The molecule has 0 aliphatic rings. The predicted molar refractivity (Wildman–Crippen MR) is 97.2 cm³/mol. The number of benzene rings is 1. The second kappa shape index (κ2) is 6.36. The maximum atomic E-state index is 11.7. The first kappa shape index (κ1) is 17.8. The van der Waals surface area contributed by atoms with Crippen LogP contribution in [0.5, 0.6) is 0 Å². The zero-order valence-electron chi connectivity index (χ0n) is 13.5. The lowest BCUT2D eigenvalue weighted by atomic mass is 10.2. The van der Waals surface area contributed by atoms with Crippen LogP contribution in [0.4, 0.5) is 5.69 Å². The van der Waals surface area contributed by atoms with Gasteiger partial charge in [-0.1, -0.05) is 11.8 Å². The highest BCUT2D eigenvalue weighted by Gasteiger charge is 2.21. The lowest BCUT2D eigenvalue weighted by Gasteiger charge is -2.06. The molecule has 2 heterocycles. The molecule has 0 aliphatic heterocycles. The Kier molecular flexibility index (Phi) is 4.52. The monoisotopic (exact) mass is 395 g/mol. The Labute approximate surface area is 152 Å². The number of thiophene rings is 1. The normalized spacial score (nSPS) is 11.8. The first-order valence-corrected chi connectivity index (χ1v) is 10.6. The van der Waals surface area contributed by atoms with Gasteiger partial charge in [0.1, 0.15) is 16.2 Å². The third-order valence-electron chi connectivity index (χ3n) is 3.69. The van der Waals surface area contributed by atoms with Crippen LogP contribution < -0.4 is 0 Å². The highest BCUT2D eigenvalue weighted by atomic mass is 32.2. The summed E-state index contributed by atoms with van der Waals surface area (Å²) >= 11 is 2.68. The summed E-state index contributed by atoms with van der Waals surface area (Å²) in [5.41, 5.74) is 0.780. The topological polar surface area (TPSA) is 103 Å². The van der Waals surface area contributed by atoms with E-state index in [4.69, 9.17) is 0 Å². The highest BCUT2D eigenvalue weighted by molar-refractivity contribution is 7.99. The molecule has 1 aromatic carbocycles. The van der Waals surface area contributed by atoms with Gasteiger partial charge in [0.05, 0.1) is 14.7 Å². The Morgan fingerprint density at radius 2 is 1.96 bits per heavy atom. The fourth-order valence-electron chi connectivity index (χ4n) is 2.29. The Bertz CT molecular complexity index is 1110. The average Bonchev–Trinajstić information content (AvgIpc) is 2.82. The van der Waals surface area contributed by atoms with Crippen LogP contribution in [-0.4, -0.2) is 29.6 Å². The van der Waals surface area contributed by atoms with Gasteiger partial charge in [-0.2, -0.15) is 0 Å². The van der Waals surface area contributed by atoms with Crippen LogP contribution in [0, 0.1) is 24.0 Å². The number of hydrogen-bond acceptors (Lipinski definition) is 8. The van der Waals surface area contributed by atoms with Crippen molar-refractivity contribution in [2.24, 2.45) is 0 Å². The second-order valence-electron chi connectivity index (χ2n) is 5.40. The standard InChI is InChI=1S/C15H13N3O4S3/c1-8-9(2)23-14-13(8)15(17-7-16-14)24-12-5-4-10(25(3,21)22)6-11(12)18(19)20/h4-7H,1-3H3. The van der Waals surface area contributed by atoms with E-state index in [9.17, 15) is 18.5 Å². The molecule has 10 heteroatoms. The van der Waals surface area contributed by atoms with Gasteiger partial charge in [0.15, 0.2) is 9.84 Å². The van der Waals surface area contributed by atoms with Crippen LogP contribution in [0.2, 0.25) is 0 Å². The molecule has 25 heavy (non-hydrogen) atoms. The minimum Gasteiger partial charge on any atom is -0.258 e. The van der Waals surface area contributed by atoms with E-state index in [-0.39, 0.29) is 10.6 Å². The Balaban J connectivity index is 2.14. The number of nitro benzene ring substituents is 1. The minimum absolute atomic E-state index is 0.0843. The summed E-state index contributed by atoms with van der Waals surface area (Å²) < 4.78 is 23.3. The minimum atomic E-state index is -3.52. The molecule has 0 N–H and O–H groups in total. The summed E-state index contributed by atoms with van der Waals surface area (Å²) in [5.74, 6) is 0. The molecule has 0 radical (unpaired) electrons. The van der Waals surface area contributed by atoms with Crippen LogP contribution in [0.25, 0.3) is 10.2 Å². The van der Waals surface area contributed by atoms with E-state index in [1.807, 2.05) is 13.8 Å². The Hall–Kier alpha value is -2.04. The van der Waals surface area contributed by atoms with Crippen LogP contribution >= 0.6 is 23.1 Å². The van der Waals surface area contributed by atoms with Gasteiger partial charge in [0, 0.05) is 22.6 Å². The third-order valence-corrected chi connectivity index (χ3v) is 6.99. The molecule has 2 aromatic heterocycles. The third kappa shape index (κ3) is 3.37. The molecule has 0 spiro atoms. The number of aromatic nitrogens is 2. The maximum Gasteiger partial charge on any atom is 0.284 e.